The zero-order valence-electron chi connectivity index (χ0n) is 11.9. The average Bonchev–Trinajstić information content (AvgIpc) is 3.04. The molecular weight excluding hydrogens is 240 g/mol. The third-order valence-electron chi connectivity index (χ3n) is 5.16. The van der Waals surface area contributed by atoms with Crippen LogP contribution in [0.1, 0.15) is 39.0 Å². The van der Waals surface area contributed by atoms with Crippen molar-refractivity contribution < 1.29 is 9.53 Å². The number of likely N-dealkylation sites (N-methyl/N-ethyl adjacent to an activating group) is 1. The first kappa shape index (κ1) is 13.4. The molecule has 4 nitrogen and oxygen atoms in total. The number of rotatable bonds is 3. The molecule has 3 rings (SSSR count). The van der Waals surface area contributed by atoms with E-state index in [2.05, 4.69) is 17.1 Å². The number of carbonyl (C=O) groups is 1. The van der Waals surface area contributed by atoms with Gasteiger partial charge in [-0.05, 0) is 31.7 Å². The zero-order valence-corrected chi connectivity index (χ0v) is 11.9. The fraction of sp³-hybridized carbons (Fsp3) is 0.933. The number of nitrogens with one attached hydrogen (secondary N) is 1. The third kappa shape index (κ3) is 2.52. The first-order valence-corrected chi connectivity index (χ1v) is 7.93. The topological polar surface area (TPSA) is 41.6 Å². The van der Waals surface area contributed by atoms with Crippen molar-refractivity contribution in [2.45, 2.75) is 51.1 Å². The minimum absolute atomic E-state index is 0.0422. The Bertz CT molecular complexity index is 334. The molecule has 2 saturated heterocycles. The monoisotopic (exact) mass is 266 g/mol. The van der Waals surface area contributed by atoms with E-state index < -0.39 is 0 Å². The zero-order chi connectivity index (χ0) is 13.2. The van der Waals surface area contributed by atoms with Crippen LogP contribution in [0.15, 0.2) is 0 Å². The van der Waals surface area contributed by atoms with Gasteiger partial charge >= 0.3 is 0 Å². The second-order valence-corrected chi connectivity index (χ2v) is 6.24. The number of likely N-dealkylation sites (tertiary alicyclic amines) is 1. The molecule has 1 amide bonds. The molecule has 108 valence electrons. The van der Waals surface area contributed by atoms with Crippen molar-refractivity contribution in [3.63, 3.8) is 0 Å². The maximum atomic E-state index is 12.8. The molecule has 4 unspecified atom stereocenters. The number of nitrogens with zero attached hydrogens (tertiary/aromatic N) is 1. The van der Waals surface area contributed by atoms with Gasteiger partial charge in [0.05, 0.1) is 19.1 Å². The SMILES string of the molecule is CCNC1COCC1C(=O)N1CCC2CCCCC21. The van der Waals surface area contributed by atoms with Crippen molar-refractivity contribution in [2.24, 2.45) is 11.8 Å². The van der Waals surface area contributed by atoms with Gasteiger partial charge in [0.2, 0.25) is 5.91 Å². The molecule has 0 spiro atoms. The summed E-state index contributed by atoms with van der Waals surface area (Å²) in [4.78, 5) is 15.0. The van der Waals surface area contributed by atoms with Gasteiger partial charge in [0.15, 0.2) is 0 Å². The lowest BCUT2D eigenvalue weighted by Crippen LogP contribution is -2.48. The Hall–Kier alpha value is -0.610. The average molecular weight is 266 g/mol. The molecule has 1 N–H and O–H groups in total. The molecule has 3 aliphatic rings. The van der Waals surface area contributed by atoms with Gasteiger partial charge in [0.1, 0.15) is 0 Å². The van der Waals surface area contributed by atoms with Crippen LogP contribution in [0.3, 0.4) is 0 Å². The van der Waals surface area contributed by atoms with Crippen molar-refractivity contribution >= 4 is 5.91 Å². The lowest BCUT2D eigenvalue weighted by molar-refractivity contribution is -0.137. The summed E-state index contributed by atoms with van der Waals surface area (Å²) in [5.74, 6) is 1.16. The summed E-state index contributed by atoms with van der Waals surface area (Å²) in [7, 11) is 0. The number of fused-ring (bicyclic) bond motifs is 1. The van der Waals surface area contributed by atoms with Gasteiger partial charge in [-0.2, -0.15) is 0 Å². The molecule has 0 aromatic rings. The maximum absolute atomic E-state index is 12.8. The van der Waals surface area contributed by atoms with E-state index in [1.54, 1.807) is 0 Å². The Morgan fingerprint density at radius 3 is 2.95 bits per heavy atom. The fourth-order valence-electron chi connectivity index (χ4n) is 4.15. The molecule has 1 aliphatic carbocycles. The van der Waals surface area contributed by atoms with Crippen LogP contribution in [-0.2, 0) is 9.53 Å². The van der Waals surface area contributed by atoms with Gasteiger partial charge in [-0.3, -0.25) is 4.79 Å². The van der Waals surface area contributed by atoms with Crippen molar-refractivity contribution in [3.05, 3.63) is 0 Å². The second kappa shape index (κ2) is 5.80. The van der Waals surface area contributed by atoms with Gasteiger partial charge in [-0.1, -0.05) is 19.8 Å². The normalized spacial score (nSPS) is 38.5. The molecule has 4 heteroatoms. The summed E-state index contributed by atoms with van der Waals surface area (Å²) >= 11 is 0. The van der Waals surface area contributed by atoms with E-state index in [-0.39, 0.29) is 12.0 Å². The smallest absolute Gasteiger partial charge is 0.229 e. The Labute approximate surface area is 115 Å². The van der Waals surface area contributed by atoms with Crippen molar-refractivity contribution in [1.82, 2.24) is 10.2 Å². The van der Waals surface area contributed by atoms with E-state index in [9.17, 15) is 4.79 Å². The standard InChI is InChI=1S/C15H26N2O2/c1-2-16-13-10-19-9-12(13)15(18)17-8-7-11-5-3-4-6-14(11)17/h11-14,16H,2-10H2,1H3. The van der Waals surface area contributed by atoms with Crippen LogP contribution in [0.5, 0.6) is 0 Å². The summed E-state index contributed by atoms with van der Waals surface area (Å²) in [6, 6.07) is 0.754. The fourth-order valence-corrected chi connectivity index (χ4v) is 4.15. The van der Waals surface area contributed by atoms with Crippen LogP contribution < -0.4 is 5.32 Å². The highest BCUT2D eigenvalue weighted by Crippen LogP contribution is 2.37. The number of amides is 1. The summed E-state index contributed by atoms with van der Waals surface area (Å²) in [5, 5.41) is 3.40. The quantitative estimate of drug-likeness (QED) is 0.839. The molecular formula is C15H26N2O2. The highest BCUT2D eigenvalue weighted by molar-refractivity contribution is 5.80. The van der Waals surface area contributed by atoms with E-state index >= 15 is 0 Å². The van der Waals surface area contributed by atoms with E-state index in [4.69, 9.17) is 4.74 Å². The molecule has 0 radical (unpaired) electrons. The minimum Gasteiger partial charge on any atom is -0.379 e. The predicted octanol–water partition coefficient (Wildman–Crippen LogP) is 1.40. The predicted molar refractivity (Wildman–Crippen MR) is 73.8 cm³/mol. The summed E-state index contributed by atoms with van der Waals surface area (Å²) in [5.41, 5.74) is 0. The lowest BCUT2D eigenvalue weighted by atomic mass is 9.85. The number of hydrogen-bond donors (Lipinski definition) is 1. The third-order valence-corrected chi connectivity index (χ3v) is 5.16. The van der Waals surface area contributed by atoms with Crippen molar-refractivity contribution in [2.75, 3.05) is 26.3 Å². The van der Waals surface area contributed by atoms with E-state index in [1.807, 2.05) is 0 Å². The summed E-state index contributed by atoms with van der Waals surface area (Å²) < 4.78 is 5.53. The number of carbonyl (C=O) groups excluding carboxylic acids is 1. The van der Waals surface area contributed by atoms with Crippen LogP contribution in [0, 0.1) is 11.8 Å². The molecule has 0 aromatic carbocycles. The Kier molecular flexibility index (Phi) is 4.08. The van der Waals surface area contributed by atoms with Gasteiger partial charge in [-0.25, -0.2) is 0 Å². The molecule has 1 saturated carbocycles. The number of ether oxygens (including phenoxy) is 1. The van der Waals surface area contributed by atoms with E-state index in [0.29, 0.717) is 25.2 Å². The molecule has 19 heavy (non-hydrogen) atoms. The van der Waals surface area contributed by atoms with Crippen LogP contribution in [0.25, 0.3) is 0 Å². The first-order chi connectivity index (χ1) is 9.31. The van der Waals surface area contributed by atoms with Gasteiger partial charge in [0.25, 0.3) is 0 Å². The van der Waals surface area contributed by atoms with Crippen LogP contribution in [0.4, 0.5) is 0 Å². The van der Waals surface area contributed by atoms with E-state index in [1.165, 1.54) is 32.1 Å². The largest absolute Gasteiger partial charge is 0.379 e. The minimum atomic E-state index is 0.0422. The van der Waals surface area contributed by atoms with Crippen molar-refractivity contribution in [3.8, 4) is 0 Å². The first-order valence-electron chi connectivity index (χ1n) is 7.93. The summed E-state index contributed by atoms with van der Waals surface area (Å²) in [6.45, 7) is 5.26. The Morgan fingerprint density at radius 1 is 1.26 bits per heavy atom. The van der Waals surface area contributed by atoms with Gasteiger partial charge < -0.3 is 15.0 Å². The maximum Gasteiger partial charge on any atom is 0.229 e. The van der Waals surface area contributed by atoms with Crippen LogP contribution >= 0.6 is 0 Å². The van der Waals surface area contributed by atoms with Crippen LogP contribution in [0.2, 0.25) is 0 Å². The molecule has 2 aliphatic heterocycles. The number of hydrogen-bond acceptors (Lipinski definition) is 3. The van der Waals surface area contributed by atoms with E-state index in [0.717, 1.165) is 19.0 Å². The van der Waals surface area contributed by atoms with Gasteiger partial charge in [0, 0.05) is 18.6 Å². The highest BCUT2D eigenvalue weighted by Gasteiger charge is 2.43. The van der Waals surface area contributed by atoms with Crippen LogP contribution in [-0.4, -0.2) is 49.2 Å². The highest BCUT2D eigenvalue weighted by atomic mass is 16.5. The van der Waals surface area contributed by atoms with Crippen molar-refractivity contribution in [1.29, 1.82) is 0 Å². The van der Waals surface area contributed by atoms with Gasteiger partial charge in [-0.15, -0.1) is 0 Å². The second-order valence-electron chi connectivity index (χ2n) is 6.24. The Morgan fingerprint density at radius 2 is 2.11 bits per heavy atom. The molecule has 0 bridgehead atoms. The molecule has 4 atom stereocenters. The lowest BCUT2D eigenvalue weighted by Gasteiger charge is -2.34. The Balaban J connectivity index is 1.66. The molecule has 2 heterocycles. The molecule has 3 fully saturated rings. The molecule has 0 aromatic heterocycles. The summed E-state index contributed by atoms with van der Waals surface area (Å²) in [6.07, 6.45) is 6.41.